The standard InChI is InChI=1S/C27H32F3NO4/c1-26(2,3)35-25(32)22-11-21(18-7-8-18)24(12-23(22)28)34-20-13-27(29,30)16-31(15-20)14-17-5-9-19(33-4)10-6-17/h5-6,9-12,18,20H,7-8,13-16H2,1-4H3/t20-/m1/s1. The normalized spacial score (nSPS) is 20.4. The van der Waals surface area contributed by atoms with Crippen molar-refractivity contribution in [1.82, 2.24) is 4.90 Å². The van der Waals surface area contributed by atoms with Gasteiger partial charge in [-0.3, -0.25) is 4.90 Å². The number of esters is 1. The van der Waals surface area contributed by atoms with E-state index in [-0.39, 0.29) is 30.3 Å². The van der Waals surface area contributed by atoms with Crippen molar-refractivity contribution in [1.29, 1.82) is 0 Å². The molecule has 0 bridgehead atoms. The Balaban J connectivity index is 1.52. The smallest absolute Gasteiger partial charge is 0.341 e. The fraction of sp³-hybridized carbons (Fsp3) is 0.519. The summed E-state index contributed by atoms with van der Waals surface area (Å²) >= 11 is 0. The lowest BCUT2D eigenvalue weighted by Gasteiger charge is -2.37. The number of piperidine rings is 1. The molecule has 1 saturated carbocycles. The minimum atomic E-state index is -2.94. The Morgan fingerprint density at radius 3 is 2.43 bits per heavy atom. The number of ether oxygens (including phenoxy) is 3. The first-order chi connectivity index (χ1) is 16.4. The zero-order valence-electron chi connectivity index (χ0n) is 20.6. The van der Waals surface area contributed by atoms with Crippen LogP contribution in [0.1, 0.15) is 67.4 Å². The van der Waals surface area contributed by atoms with Crippen LogP contribution in [0.3, 0.4) is 0 Å². The van der Waals surface area contributed by atoms with Crippen LogP contribution >= 0.6 is 0 Å². The van der Waals surface area contributed by atoms with Gasteiger partial charge in [0, 0.05) is 19.2 Å². The van der Waals surface area contributed by atoms with Crippen molar-refractivity contribution >= 4 is 5.97 Å². The third kappa shape index (κ3) is 6.69. The Morgan fingerprint density at radius 1 is 1.14 bits per heavy atom. The summed E-state index contributed by atoms with van der Waals surface area (Å²) in [6.45, 7) is 5.37. The van der Waals surface area contributed by atoms with Gasteiger partial charge in [-0.05, 0) is 68.9 Å². The second-order valence-electron chi connectivity index (χ2n) is 10.5. The molecule has 2 aromatic rings. The van der Waals surface area contributed by atoms with Crippen LogP contribution in [0.5, 0.6) is 11.5 Å². The maximum absolute atomic E-state index is 14.9. The lowest BCUT2D eigenvalue weighted by molar-refractivity contribution is -0.103. The van der Waals surface area contributed by atoms with Gasteiger partial charge in [0.2, 0.25) is 0 Å². The first kappa shape index (κ1) is 25.4. The molecule has 1 aliphatic carbocycles. The van der Waals surface area contributed by atoms with E-state index in [1.165, 1.54) is 6.07 Å². The number of benzene rings is 2. The van der Waals surface area contributed by atoms with Crippen molar-refractivity contribution in [3.63, 3.8) is 0 Å². The Labute approximate surface area is 204 Å². The van der Waals surface area contributed by atoms with E-state index in [1.807, 2.05) is 12.1 Å². The molecule has 2 fully saturated rings. The van der Waals surface area contributed by atoms with Gasteiger partial charge < -0.3 is 14.2 Å². The van der Waals surface area contributed by atoms with Crippen molar-refractivity contribution in [2.45, 2.75) is 70.1 Å². The monoisotopic (exact) mass is 491 g/mol. The summed E-state index contributed by atoms with van der Waals surface area (Å²) in [7, 11) is 1.57. The van der Waals surface area contributed by atoms with E-state index in [9.17, 15) is 18.0 Å². The molecule has 35 heavy (non-hydrogen) atoms. The third-order valence-corrected chi connectivity index (χ3v) is 6.04. The van der Waals surface area contributed by atoms with Gasteiger partial charge in [-0.25, -0.2) is 18.0 Å². The zero-order chi connectivity index (χ0) is 25.4. The zero-order valence-corrected chi connectivity index (χ0v) is 20.6. The highest BCUT2D eigenvalue weighted by Gasteiger charge is 2.42. The number of nitrogens with zero attached hydrogens (tertiary/aromatic N) is 1. The lowest BCUT2D eigenvalue weighted by Crippen LogP contribution is -2.50. The summed E-state index contributed by atoms with van der Waals surface area (Å²) in [4.78, 5) is 14.2. The number of hydrogen-bond acceptors (Lipinski definition) is 5. The van der Waals surface area contributed by atoms with Crippen LogP contribution in [-0.2, 0) is 11.3 Å². The molecular formula is C27H32F3NO4. The maximum atomic E-state index is 14.9. The molecule has 8 heteroatoms. The molecule has 0 unspecified atom stereocenters. The number of carbonyl (C=O) groups is 1. The average Bonchev–Trinajstić information content (AvgIpc) is 3.57. The largest absolute Gasteiger partial charge is 0.497 e. The van der Waals surface area contributed by atoms with Gasteiger partial charge in [-0.15, -0.1) is 0 Å². The van der Waals surface area contributed by atoms with Gasteiger partial charge in [0.15, 0.2) is 0 Å². The first-order valence-electron chi connectivity index (χ1n) is 11.9. The fourth-order valence-electron chi connectivity index (χ4n) is 4.39. The summed E-state index contributed by atoms with van der Waals surface area (Å²) in [5, 5.41) is 0. The summed E-state index contributed by atoms with van der Waals surface area (Å²) in [5.41, 5.74) is 0.625. The molecule has 1 aliphatic heterocycles. The molecule has 4 rings (SSSR count). The molecule has 0 spiro atoms. The number of carbonyl (C=O) groups excluding carboxylic acids is 1. The van der Waals surface area contributed by atoms with Gasteiger partial charge in [0.1, 0.15) is 29.0 Å². The average molecular weight is 492 g/mol. The highest BCUT2D eigenvalue weighted by molar-refractivity contribution is 5.90. The molecule has 1 atom stereocenters. The summed E-state index contributed by atoms with van der Waals surface area (Å²) in [5.74, 6) is -3.43. The Morgan fingerprint density at radius 2 is 1.83 bits per heavy atom. The number of alkyl halides is 2. The fourth-order valence-corrected chi connectivity index (χ4v) is 4.39. The van der Waals surface area contributed by atoms with E-state index >= 15 is 0 Å². The summed E-state index contributed by atoms with van der Waals surface area (Å²) in [6.07, 6.45) is 0.479. The molecule has 5 nitrogen and oxygen atoms in total. The van der Waals surface area contributed by atoms with Crippen molar-refractivity contribution in [2.75, 3.05) is 20.2 Å². The van der Waals surface area contributed by atoms with Gasteiger partial charge in [0.05, 0.1) is 25.6 Å². The number of rotatable bonds is 7. The number of hydrogen-bond donors (Lipinski definition) is 0. The summed E-state index contributed by atoms with van der Waals surface area (Å²) in [6, 6.07) is 9.89. The van der Waals surface area contributed by atoms with Crippen molar-refractivity contribution in [3.8, 4) is 11.5 Å². The van der Waals surface area contributed by atoms with E-state index in [0.717, 1.165) is 24.5 Å². The van der Waals surface area contributed by atoms with Crippen LogP contribution in [0.2, 0.25) is 0 Å². The topological polar surface area (TPSA) is 48.0 Å². The summed E-state index contributed by atoms with van der Waals surface area (Å²) < 4.78 is 60.7. The predicted octanol–water partition coefficient (Wildman–Crippen LogP) is 5.96. The highest BCUT2D eigenvalue weighted by Crippen LogP contribution is 2.46. The van der Waals surface area contributed by atoms with Crippen LogP contribution in [0, 0.1) is 5.82 Å². The second-order valence-corrected chi connectivity index (χ2v) is 10.5. The molecule has 0 amide bonds. The van der Waals surface area contributed by atoms with E-state index in [0.29, 0.717) is 17.9 Å². The van der Waals surface area contributed by atoms with Crippen molar-refractivity contribution in [3.05, 3.63) is 58.9 Å². The third-order valence-electron chi connectivity index (χ3n) is 6.04. The van der Waals surface area contributed by atoms with Crippen LogP contribution in [0.25, 0.3) is 0 Å². The molecule has 2 aliphatic rings. The van der Waals surface area contributed by atoms with Crippen LogP contribution in [0.4, 0.5) is 13.2 Å². The molecule has 0 aromatic heterocycles. The minimum absolute atomic E-state index is 0.117. The molecule has 1 heterocycles. The maximum Gasteiger partial charge on any atom is 0.341 e. The molecular weight excluding hydrogens is 459 g/mol. The minimum Gasteiger partial charge on any atom is -0.497 e. The SMILES string of the molecule is COc1ccc(CN2C[C@H](Oc3cc(F)c(C(=O)OC(C)(C)C)cc3C3CC3)CC(F)(F)C2)cc1. The number of likely N-dealkylation sites (tertiary alicyclic amines) is 1. The number of halogens is 3. The Hall–Kier alpha value is -2.74. The Bertz CT molecular complexity index is 1060. The Kier molecular flexibility index (Phi) is 7.04. The van der Waals surface area contributed by atoms with Gasteiger partial charge in [-0.2, -0.15) is 0 Å². The molecule has 190 valence electrons. The molecule has 0 radical (unpaired) electrons. The van der Waals surface area contributed by atoms with Crippen molar-refractivity contribution in [2.24, 2.45) is 0 Å². The number of methoxy groups -OCH3 is 1. The van der Waals surface area contributed by atoms with E-state index in [2.05, 4.69) is 0 Å². The van der Waals surface area contributed by atoms with Crippen LogP contribution in [-0.4, -0.2) is 48.7 Å². The molecule has 1 saturated heterocycles. The highest BCUT2D eigenvalue weighted by atomic mass is 19.3. The lowest BCUT2D eigenvalue weighted by atomic mass is 10.0. The van der Waals surface area contributed by atoms with Crippen LogP contribution < -0.4 is 9.47 Å². The van der Waals surface area contributed by atoms with Crippen LogP contribution in [0.15, 0.2) is 36.4 Å². The van der Waals surface area contributed by atoms with Gasteiger partial charge in [-0.1, -0.05) is 12.1 Å². The predicted molar refractivity (Wildman–Crippen MR) is 126 cm³/mol. The molecule has 0 N–H and O–H groups in total. The molecule has 2 aromatic carbocycles. The second kappa shape index (κ2) is 9.72. The van der Waals surface area contributed by atoms with Gasteiger partial charge in [0.25, 0.3) is 5.92 Å². The van der Waals surface area contributed by atoms with E-state index < -0.39 is 35.8 Å². The first-order valence-corrected chi connectivity index (χ1v) is 11.9. The quantitative estimate of drug-likeness (QED) is 0.448. The van der Waals surface area contributed by atoms with E-state index in [4.69, 9.17) is 14.2 Å². The van der Waals surface area contributed by atoms with E-state index in [1.54, 1.807) is 44.9 Å². The van der Waals surface area contributed by atoms with Crippen molar-refractivity contribution < 1.29 is 32.2 Å². The van der Waals surface area contributed by atoms with Gasteiger partial charge >= 0.3 is 5.97 Å².